The summed E-state index contributed by atoms with van der Waals surface area (Å²) in [5.41, 5.74) is 0.00293. The van der Waals surface area contributed by atoms with Crippen LogP contribution in [-0.4, -0.2) is 29.4 Å². The van der Waals surface area contributed by atoms with E-state index in [-0.39, 0.29) is 18.8 Å². The molecule has 0 aliphatic carbocycles. The zero-order valence-corrected chi connectivity index (χ0v) is 7.43. The zero-order valence-electron chi connectivity index (χ0n) is 7.43. The Morgan fingerprint density at radius 3 is 2.21 bits per heavy atom. The van der Waals surface area contributed by atoms with Crippen molar-refractivity contribution < 1.29 is 19.7 Å². The van der Waals surface area contributed by atoms with Crippen LogP contribution < -0.4 is 0 Å². The zero-order chi connectivity index (χ0) is 10.2. The molecule has 1 fully saturated rings. The van der Waals surface area contributed by atoms with Gasteiger partial charge in [-0.05, 0) is 17.7 Å². The number of aliphatic hydroxyl groups is 1. The molecule has 1 aliphatic rings. The topological polar surface area (TPSA) is 66.8 Å². The van der Waals surface area contributed by atoms with Crippen molar-refractivity contribution in [2.45, 2.75) is 5.60 Å². The molecule has 1 aromatic carbocycles. The Bertz CT molecular complexity index is 351. The lowest BCUT2D eigenvalue weighted by atomic mass is 9.91. The summed E-state index contributed by atoms with van der Waals surface area (Å²) < 4.78 is 4.90. The molecule has 2 N–H and O–H groups in total. The summed E-state index contributed by atoms with van der Waals surface area (Å²) in [5.74, 6) is -0.964. The molecule has 4 nitrogen and oxygen atoms in total. The summed E-state index contributed by atoms with van der Waals surface area (Å²) in [6.07, 6.45) is 0. The molecule has 4 heteroatoms. The van der Waals surface area contributed by atoms with Crippen molar-refractivity contribution in [2.75, 3.05) is 13.2 Å². The number of aromatic carboxylic acids is 1. The van der Waals surface area contributed by atoms with E-state index in [1.54, 1.807) is 12.1 Å². The van der Waals surface area contributed by atoms with Gasteiger partial charge in [0.25, 0.3) is 0 Å². The maximum Gasteiger partial charge on any atom is 0.335 e. The van der Waals surface area contributed by atoms with Gasteiger partial charge in [-0.1, -0.05) is 12.1 Å². The monoisotopic (exact) mass is 194 g/mol. The fraction of sp³-hybridized carbons (Fsp3) is 0.300. The largest absolute Gasteiger partial charge is 0.478 e. The molecule has 0 bridgehead atoms. The fourth-order valence-electron chi connectivity index (χ4n) is 1.39. The van der Waals surface area contributed by atoms with E-state index in [9.17, 15) is 9.90 Å². The van der Waals surface area contributed by atoms with Crippen LogP contribution in [0.25, 0.3) is 0 Å². The second-order valence-electron chi connectivity index (χ2n) is 3.41. The molecule has 0 unspecified atom stereocenters. The lowest BCUT2D eigenvalue weighted by Crippen LogP contribution is -2.46. The first-order valence-corrected chi connectivity index (χ1v) is 4.26. The molecule has 14 heavy (non-hydrogen) atoms. The standard InChI is InChI=1S/C10H10O4/c11-9(12)7-1-3-8(4-2-7)10(13)5-14-6-10/h1-4,13H,5-6H2,(H,11,12). The smallest absolute Gasteiger partial charge is 0.335 e. The molecule has 1 heterocycles. The predicted molar refractivity (Wildman–Crippen MR) is 48.1 cm³/mol. The van der Waals surface area contributed by atoms with Gasteiger partial charge in [0.1, 0.15) is 5.60 Å². The van der Waals surface area contributed by atoms with E-state index in [1.165, 1.54) is 12.1 Å². The van der Waals surface area contributed by atoms with E-state index < -0.39 is 11.6 Å². The lowest BCUT2D eigenvalue weighted by Gasteiger charge is -2.36. The molecule has 0 amide bonds. The van der Waals surface area contributed by atoms with Crippen LogP contribution >= 0.6 is 0 Å². The number of carboxylic acid groups (broad SMARTS) is 1. The minimum absolute atomic E-state index is 0.220. The molecule has 0 spiro atoms. The maximum atomic E-state index is 10.6. The van der Waals surface area contributed by atoms with Gasteiger partial charge in [0.15, 0.2) is 0 Å². The minimum Gasteiger partial charge on any atom is -0.478 e. The van der Waals surface area contributed by atoms with Gasteiger partial charge in [-0.25, -0.2) is 4.79 Å². The number of hydrogen-bond donors (Lipinski definition) is 2. The van der Waals surface area contributed by atoms with Crippen LogP contribution in [0.5, 0.6) is 0 Å². The molecular weight excluding hydrogens is 184 g/mol. The molecule has 2 rings (SSSR count). The van der Waals surface area contributed by atoms with Crippen LogP contribution in [-0.2, 0) is 10.3 Å². The summed E-state index contributed by atoms with van der Waals surface area (Å²) in [4.78, 5) is 10.6. The quantitative estimate of drug-likeness (QED) is 0.723. The molecule has 0 aromatic heterocycles. The van der Waals surface area contributed by atoms with Gasteiger partial charge in [-0.2, -0.15) is 0 Å². The highest BCUT2D eigenvalue weighted by molar-refractivity contribution is 5.87. The lowest BCUT2D eigenvalue weighted by molar-refractivity contribution is -0.184. The number of carbonyl (C=O) groups is 1. The average Bonchev–Trinajstić information content (AvgIpc) is 2.14. The van der Waals surface area contributed by atoms with Crippen LogP contribution in [0.2, 0.25) is 0 Å². The SMILES string of the molecule is O=C(O)c1ccc(C2(O)COC2)cc1. The molecule has 0 radical (unpaired) electrons. The first kappa shape index (κ1) is 9.18. The summed E-state index contributed by atoms with van der Waals surface area (Å²) in [7, 11) is 0. The molecule has 0 atom stereocenters. The number of benzene rings is 1. The third-order valence-corrected chi connectivity index (χ3v) is 2.35. The van der Waals surface area contributed by atoms with Crippen LogP contribution in [0.15, 0.2) is 24.3 Å². The average molecular weight is 194 g/mol. The minimum atomic E-state index is -0.964. The van der Waals surface area contributed by atoms with Gasteiger partial charge in [-0.15, -0.1) is 0 Å². The van der Waals surface area contributed by atoms with E-state index in [0.29, 0.717) is 5.56 Å². The molecular formula is C10H10O4. The molecule has 0 saturated carbocycles. The second kappa shape index (κ2) is 3.08. The van der Waals surface area contributed by atoms with Gasteiger partial charge in [0.2, 0.25) is 0 Å². The van der Waals surface area contributed by atoms with Gasteiger partial charge in [0.05, 0.1) is 18.8 Å². The summed E-state index contributed by atoms with van der Waals surface area (Å²) in [6.45, 7) is 0.554. The van der Waals surface area contributed by atoms with Crippen LogP contribution in [0.1, 0.15) is 15.9 Å². The van der Waals surface area contributed by atoms with Crippen molar-refractivity contribution in [3.05, 3.63) is 35.4 Å². The molecule has 74 valence electrons. The van der Waals surface area contributed by atoms with Crippen LogP contribution in [0, 0.1) is 0 Å². The van der Waals surface area contributed by atoms with Crippen molar-refractivity contribution in [2.24, 2.45) is 0 Å². The molecule has 1 aromatic rings. The van der Waals surface area contributed by atoms with Gasteiger partial charge < -0.3 is 14.9 Å². The Morgan fingerprint density at radius 1 is 1.29 bits per heavy atom. The van der Waals surface area contributed by atoms with Crippen molar-refractivity contribution in [1.82, 2.24) is 0 Å². The molecule has 1 aliphatic heterocycles. The first-order valence-electron chi connectivity index (χ1n) is 4.26. The van der Waals surface area contributed by atoms with Gasteiger partial charge in [0, 0.05) is 0 Å². The maximum absolute atomic E-state index is 10.6. The van der Waals surface area contributed by atoms with E-state index >= 15 is 0 Å². The van der Waals surface area contributed by atoms with E-state index in [4.69, 9.17) is 9.84 Å². The third kappa shape index (κ3) is 1.38. The van der Waals surface area contributed by atoms with Gasteiger partial charge in [-0.3, -0.25) is 0 Å². The molecule has 1 saturated heterocycles. The van der Waals surface area contributed by atoms with E-state index in [0.717, 1.165) is 0 Å². The third-order valence-electron chi connectivity index (χ3n) is 2.35. The number of carboxylic acids is 1. The first-order chi connectivity index (χ1) is 6.62. The highest BCUT2D eigenvalue weighted by Gasteiger charge is 2.37. The highest BCUT2D eigenvalue weighted by Crippen LogP contribution is 2.29. The van der Waals surface area contributed by atoms with Crippen molar-refractivity contribution in [3.63, 3.8) is 0 Å². The highest BCUT2D eigenvalue weighted by atomic mass is 16.5. The summed E-state index contributed by atoms with van der Waals surface area (Å²) >= 11 is 0. The van der Waals surface area contributed by atoms with Crippen molar-refractivity contribution >= 4 is 5.97 Å². The Morgan fingerprint density at radius 2 is 1.86 bits per heavy atom. The van der Waals surface area contributed by atoms with Crippen molar-refractivity contribution in [1.29, 1.82) is 0 Å². The number of rotatable bonds is 2. The normalized spacial score (nSPS) is 18.6. The number of ether oxygens (including phenoxy) is 1. The Hall–Kier alpha value is -1.39. The predicted octanol–water partition coefficient (Wildman–Crippen LogP) is 0.603. The Kier molecular flexibility index (Phi) is 2.02. The van der Waals surface area contributed by atoms with Crippen molar-refractivity contribution in [3.8, 4) is 0 Å². The van der Waals surface area contributed by atoms with E-state index in [1.807, 2.05) is 0 Å². The van der Waals surface area contributed by atoms with Crippen LogP contribution in [0.3, 0.4) is 0 Å². The summed E-state index contributed by atoms with van der Waals surface area (Å²) in [5, 5.41) is 18.5. The Labute approximate surface area is 80.7 Å². The van der Waals surface area contributed by atoms with E-state index in [2.05, 4.69) is 0 Å². The van der Waals surface area contributed by atoms with Crippen LogP contribution in [0.4, 0.5) is 0 Å². The van der Waals surface area contributed by atoms with Gasteiger partial charge >= 0.3 is 5.97 Å². The fourth-order valence-corrected chi connectivity index (χ4v) is 1.39. The number of hydrogen-bond acceptors (Lipinski definition) is 3. The summed E-state index contributed by atoms with van der Waals surface area (Å²) in [6, 6.07) is 6.19. The Balaban J connectivity index is 2.25. The second-order valence-corrected chi connectivity index (χ2v) is 3.41.